The van der Waals surface area contributed by atoms with E-state index in [9.17, 15) is 14.4 Å². The summed E-state index contributed by atoms with van der Waals surface area (Å²) in [6, 6.07) is 3.30. The number of hydrogen-bond acceptors (Lipinski definition) is 6. The Bertz CT molecular complexity index is 632. The van der Waals surface area contributed by atoms with Crippen LogP contribution < -0.4 is 0 Å². The summed E-state index contributed by atoms with van der Waals surface area (Å²) < 4.78 is 16.7. The van der Waals surface area contributed by atoms with Crippen LogP contribution in [0.25, 0.3) is 0 Å². The molecule has 0 saturated carbocycles. The van der Waals surface area contributed by atoms with E-state index in [0.29, 0.717) is 25.9 Å². The predicted octanol–water partition coefficient (Wildman–Crippen LogP) is 9.61. The third kappa shape index (κ3) is 23.1. The van der Waals surface area contributed by atoms with Crippen molar-refractivity contribution in [2.45, 2.75) is 168 Å². The fourth-order valence-corrected chi connectivity index (χ4v) is 9.24. The molecule has 0 atom stereocenters. The molecule has 0 aromatic carbocycles. The van der Waals surface area contributed by atoms with Crippen molar-refractivity contribution in [1.29, 1.82) is 0 Å². The molecule has 0 aliphatic rings. The van der Waals surface area contributed by atoms with Crippen LogP contribution in [0, 0.1) is 0 Å². The van der Waals surface area contributed by atoms with E-state index in [-0.39, 0.29) is 12.6 Å². The van der Waals surface area contributed by atoms with Crippen LogP contribution in [-0.4, -0.2) is 39.4 Å². The van der Waals surface area contributed by atoms with Gasteiger partial charge in [-0.15, -0.1) is 0 Å². The molecule has 0 bridgehead atoms. The van der Waals surface area contributed by atoms with Crippen LogP contribution in [0.1, 0.15) is 150 Å². The van der Waals surface area contributed by atoms with Crippen LogP contribution >= 0.6 is 0 Å². The van der Waals surface area contributed by atoms with Gasteiger partial charge in [0.05, 0.1) is 13.2 Å². The highest BCUT2D eigenvalue weighted by Crippen LogP contribution is 2.31. The molecule has 0 heterocycles. The molecular formula is C33H62O6Si. The average molecular weight is 583 g/mol. The maximum Gasteiger partial charge on any atom is 0.331 e. The molecule has 7 heteroatoms. The van der Waals surface area contributed by atoms with Gasteiger partial charge in [0.2, 0.25) is 0 Å². The Morgan fingerprint density at radius 3 is 1.27 bits per heavy atom. The van der Waals surface area contributed by atoms with Crippen molar-refractivity contribution < 1.29 is 28.3 Å². The Kier molecular flexibility index (Phi) is 26.4. The molecule has 0 fully saturated rings. The minimum Gasteiger partial charge on any atom is -0.519 e. The molecule has 0 aliphatic heterocycles. The highest BCUT2D eigenvalue weighted by atomic mass is 28.4. The van der Waals surface area contributed by atoms with E-state index in [2.05, 4.69) is 27.7 Å². The second-order valence-electron chi connectivity index (χ2n) is 11.3. The Labute approximate surface area is 247 Å². The largest absolute Gasteiger partial charge is 0.519 e. The highest BCUT2D eigenvalue weighted by Gasteiger charge is 2.36. The Morgan fingerprint density at radius 2 is 0.875 bits per heavy atom. The highest BCUT2D eigenvalue weighted by molar-refractivity contribution is 6.75. The number of rotatable bonds is 28. The molecule has 0 rings (SSSR count). The molecule has 0 aliphatic carbocycles. The standard InChI is InChI=1S/C33H62O6Si/c1-5-9-13-18-26-37-31(34)24-25-32(35)38-27-19-17-23-33(36)39-40(28-20-14-10-6-2,29-21-15-11-7-3)30-22-16-12-8-4/h24-25H,5-23,26-30H2,1-4H3. The van der Waals surface area contributed by atoms with Crippen molar-refractivity contribution in [2.24, 2.45) is 0 Å². The fourth-order valence-electron chi connectivity index (χ4n) is 4.92. The van der Waals surface area contributed by atoms with Crippen LogP contribution in [0.2, 0.25) is 18.1 Å². The van der Waals surface area contributed by atoms with Gasteiger partial charge in [0, 0.05) is 18.6 Å². The van der Waals surface area contributed by atoms with Gasteiger partial charge < -0.3 is 13.9 Å². The Morgan fingerprint density at radius 1 is 0.500 bits per heavy atom. The average Bonchev–Trinajstić information content (AvgIpc) is 2.94. The van der Waals surface area contributed by atoms with Crippen LogP contribution in [-0.2, 0) is 28.3 Å². The van der Waals surface area contributed by atoms with Crippen LogP contribution in [0.4, 0.5) is 0 Å². The molecule has 0 saturated heterocycles. The number of carbonyl (C=O) groups is 3. The molecule has 234 valence electrons. The summed E-state index contributed by atoms with van der Waals surface area (Å²) in [4.78, 5) is 36.5. The number of ether oxygens (including phenoxy) is 2. The molecule has 40 heavy (non-hydrogen) atoms. The quantitative estimate of drug-likeness (QED) is 0.0395. The number of unbranched alkanes of at least 4 members (excludes halogenated alkanes) is 13. The number of esters is 2. The third-order valence-electron chi connectivity index (χ3n) is 7.41. The van der Waals surface area contributed by atoms with Gasteiger partial charge in [-0.25, -0.2) is 9.59 Å². The summed E-state index contributed by atoms with van der Waals surface area (Å²) in [6.45, 7) is 9.42. The molecule has 0 amide bonds. The van der Waals surface area contributed by atoms with Gasteiger partial charge in [-0.05, 0) is 37.4 Å². The minimum absolute atomic E-state index is 0.0685. The van der Waals surface area contributed by atoms with Crippen molar-refractivity contribution in [2.75, 3.05) is 13.2 Å². The molecule has 0 N–H and O–H groups in total. The first-order valence-electron chi connectivity index (χ1n) is 16.7. The fraction of sp³-hybridized carbons (Fsp3) is 0.848. The van der Waals surface area contributed by atoms with Crippen molar-refractivity contribution in [1.82, 2.24) is 0 Å². The summed E-state index contributed by atoms with van der Waals surface area (Å²) in [5.41, 5.74) is 0. The zero-order valence-corrected chi connectivity index (χ0v) is 27.6. The van der Waals surface area contributed by atoms with E-state index >= 15 is 0 Å². The molecule has 0 radical (unpaired) electrons. The zero-order valence-electron chi connectivity index (χ0n) is 26.6. The van der Waals surface area contributed by atoms with E-state index in [1.807, 2.05) is 0 Å². The Balaban J connectivity index is 4.62. The number of hydrogen-bond donors (Lipinski definition) is 0. The smallest absolute Gasteiger partial charge is 0.331 e. The minimum atomic E-state index is -2.12. The summed E-state index contributed by atoms with van der Waals surface area (Å²) in [6.07, 6.45) is 22.5. The lowest BCUT2D eigenvalue weighted by molar-refractivity contribution is -0.140. The maximum absolute atomic E-state index is 13.0. The monoisotopic (exact) mass is 582 g/mol. The lowest BCUT2D eigenvalue weighted by Gasteiger charge is -2.32. The molecule has 0 unspecified atom stereocenters. The summed E-state index contributed by atoms with van der Waals surface area (Å²) in [7, 11) is -2.12. The van der Waals surface area contributed by atoms with Crippen molar-refractivity contribution in [3.05, 3.63) is 12.2 Å². The van der Waals surface area contributed by atoms with Gasteiger partial charge in [0.1, 0.15) is 0 Å². The van der Waals surface area contributed by atoms with Gasteiger partial charge in [-0.2, -0.15) is 0 Å². The molecular weight excluding hydrogens is 520 g/mol. The van der Waals surface area contributed by atoms with E-state index in [1.54, 1.807) is 0 Å². The summed E-state index contributed by atoms with van der Waals surface area (Å²) >= 11 is 0. The molecule has 0 aromatic rings. The van der Waals surface area contributed by atoms with Crippen LogP contribution in [0.5, 0.6) is 0 Å². The van der Waals surface area contributed by atoms with Gasteiger partial charge in [-0.3, -0.25) is 4.79 Å². The zero-order chi connectivity index (χ0) is 29.7. The third-order valence-corrected chi connectivity index (χ3v) is 11.9. The van der Waals surface area contributed by atoms with Crippen molar-refractivity contribution in [3.8, 4) is 0 Å². The van der Waals surface area contributed by atoms with Gasteiger partial charge in [0.25, 0.3) is 14.3 Å². The van der Waals surface area contributed by atoms with E-state index < -0.39 is 20.3 Å². The van der Waals surface area contributed by atoms with Gasteiger partial charge in [-0.1, -0.05) is 124 Å². The molecule has 6 nitrogen and oxygen atoms in total. The van der Waals surface area contributed by atoms with E-state index in [1.165, 1.54) is 77.0 Å². The lowest BCUT2D eigenvalue weighted by atomic mass is 10.2. The second kappa shape index (κ2) is 27.5. The van der Waals surface area contributed by atoms with Gasteiger partial charge >= 0.3 is 11.9 Å². The first-order valence-corrected chi connectivity index (χ1v) is 19.2. The molecule has 0 spiro atoms. The maximum atomic E-state index is 13.0. The van der Waals surface area contributed by atoms with E-state index in [4.69, 9.17) is 13.9 Å². The molecule has 0 aromatic heterocycles. The van der Waals surface area contributed by atoms with Crippen LogP contribution in [0.3, 0.4) is 0 Å². The number of carbonyl (C=O) groups excluding carboxylic acids is 3. The lowest BCUT2D eigenvalue weighted by Crippen LogP contribution is -2.40. The first-order chi connectivity index (χ1) is 19.4. The van der Waals surface area contributed by atoms with Crippen LogP contribution in [0.15, 0.2) is 12.2 Å². The topological polar surface area (TPSA) is 78.9 Å². The predicted molar refractivity (Wildman–Crippen MR) is 168 cm³/mol. The summed E-state index contributed by atoms with van der Waals surface area (Å²) in [5, 5.41) is 0. The summed E-state index contributed by atoms with van der Waals surface area (Å²) in [5.74, 6) is -1.16. The van der Waals surface area contributed by atoms with Crippen molar-refractivity contribution in [3.63, 3.8) is 0 Å². The Hall–Kier alpha value is -1.63. The second-order valence-corrected chi connectivity index (χ2v) is 15.3. The normalized spacial score (nSPS) is 11.6. The van der Waals surface area contributed by atoms with Gasteiger partial charge in [0.15, 0.2) is 0 Å². The first kappa shape index (κ1) is 38.4. The SMILES string of the molecule is CCCCCCOC(=O)C=CC(=O)OCCCCC(=O)O[Si](CCCCCC)(CCCCCC)CCCCCC. The van der Waals surface area contributed by atoms with E-state index in [0.717, 1.165) is 56.0 Å². The van der Waals surface area contributed by atoms with Crippen molar-refractivity contribution >= 4 is 26.2 Å².